The van der Waals surface area contributed by atoms with Crippen LogP contribution < -0.4 is 20.7 Å². The number of hydrogen-bond donors (Lipinski definition) is 3. The summed E-state index contributed by atoms with van der Waals surface area (Å²) in [6, 6.07) is 12.8. The van der Waals surface area contributed by atoms with E-state index < -0.39 is 23.9 Å². The molecular weight excluding hydrogens is 374 g/mol. The first-order chi connectivity index (χ1) is 14.0. The number of carbonyl (C=O) groups excluding carboxylic acids is 3. The van der Waals surface area contributed by atoms with Crippen molar-refractivity contribution in [2.75, 3.05) is 20.8 Å². The van der Waals surface area contributed by atoms with Crippen LogP contribution in [0.5, 0.6) is 5.75 Å². The molecule has 0 radical (unpaired) electrons. The summed E-state index contributed by atoms with van der Waals surface area (Å²) in [5, 5.41) is 7.99. The SMILES string of the molecule is CCNC(=O)NC(=O)[C@@H](NCc1ccc(OC)c(C(=O)OC)c1)c1ccccc1. The molecule has 0 aromatic heterocycles. The molecule has 1 atom stereocenters. The van der Waals surface area contributed by atoms with Gasteiger partial charge in [-0.15, -0.1) is 0 Å². The van der Waals surface area contributed by atoms with Crippen molar-refractivity contribution in [3.63, 3.8) is 0 Å². The molecule has 0 heterocycles. The summed E-state index contributed by atoms with van der Waals surface area (Å²) in [4.78, 5) is 36.4. The van der Waals surface area contributed by atoms with E-state index in [2.05, 4.69) is 16.0 Å². The molecule has 2 aromatic carbocycles. The van der Waals surface area contributed by atoms with Crippen molar-refractivity contribution in [3.05, 3.63) is 65.2 Å². The van der Waals surface area contributed by atoms with Gasteiger partial charge in [-0.3, -0.25) is 15.4 Å². The molecule has 2 rings (SSSR count). The van der Waals surface area contributed by atoms with Crippen LogP contribution in [0.25, 0.3) is 0 Å². The number of nitrogens with one attached hydrogen (secondary N) is 3. The van der Waals surface area contributed by atoms with Crippen molar-refractivity contribution < 1.29 is 23.9 Å². The van der Waals surface area contributed by atoms with Crippen molar-refractivity contribution in [2.45, 2.75) is 19.5 Å². The minimum Gasteiger partial charge on any atom is -0.496 e. The molecule has 0 spiro atoms. The Balaban J connectivity index is 2.20. The van der Waals surface area contributed by atoms with Crippen molar-refractivity contribution in [1.29, 1.82) is 0 Å². The Bertz CT molecular complexity index is 855. The Morgan fingerprint density at radius 1 is 1.03 bits per heavy atom. The largest absolute Gasteiger partial charge is 0.496 e. The number of hydrogen-bond acceptors (Lipinski definition) is 6. The lowest BCUT2D eigenvalue weighted by molar-refractivity contribution is -0.122. The van der Waals surface area contributed by atoms with Crippen LogP contribution in [0.15, 0.2) is 48.5 Å². The molecule has 0 saturated carbocycles. The zero-order valence-electron chi connectivity index (χ0n) is 16.7. The normalized spacial score (nSPS) is 11.3. The lowest BCUT2D eigenvalue weighted by atomic mass is 10.0. The van der Waals surface area contributed by atoms with Gasteiger partial charge in [0.1, 0.15) is 17.4 Å². The predicted molar refractivity (Wildman–Crippen MR) is 108 cm³/mol. The molecule has 0 aliphatic heterocycles. The van der Waals surface area contributed by atoms with Gasteiger partial charge in [0.15, 0.2) is 0 Å². The van der Waals surface area contributed by atoms with Crippen LogP contribution in [0, 0.1) is 0 Å². The highest BCUT2D eigenvalue weighted by atomic mass is 16.5. The van der Waals surface area contributed by atoms with E-state index in [0.29, 0.717) is 17.9 Å². The number of methoxy groups -OCH3 is 2. The average molecular weight is 399 g/mol. The van der Waals surface area contributed by atoms with Gasteiger partial charge in [0.2, 0.25) is 5.91 Å². The van der Waals surface area contributed by atoms with Crippen LogP contribution in [-0.2, 0) is 16.1 Å². The van der Waals surface area contributed by atoms with Gasteiger partial charge < -0.3 is 14.8 Å². The van der Waals surface area contributed by atoms with Crippen LogP contribution in [0.4, 0.5) is 4.79 Å². The molecule has 154 valence electrons. The van der Waals surface area contributed by atoms with Crippen molar-refractivity contribution in [3.8, 4) is 5.75 Å². The number of benzene rings is 2. The smallest absolute Gasteiger partial charge is 0.341 e. The standard InChI is InChI=1S/C21H25N3O5/c1-4-22-21(27)24-19(25)18(15-8-6-5-7-9-15)23-13-14-10-11-17(28-2)16(12-14)20(26)29-3/h5-12,18,23H,4,13H2,1-3H3,(H2,22,24,25,27)/t18-/m0/s1. The first kappa shape index (κ1) is 21.9. The Hall–Kier alpha value is -3.39. The predicted octanol–water partition coefficient (Wildman–Crippen LogP) is 2.16. The van der Waals surface area contributed by atoms with Gasteiger partial charge >= 0.3 is 12.0 Å². The van der Waals surface area contributed by atoms with E-state index in [9.17, 15) is 14.4 Å². The van der Waals surface area contributed by atoms with Crippen molar-refractivity contribution >= 4 is 17.9 Å². The molecule has 0 unspecified atom stereocenters. The zero-order chi connectivity index (χ0) is 21.2. The van der Waals surface area contributed by atoms with Crippen molar-refractivity contribution in [2.24, 2.45) is 0 Å². The van der Waals surface area contributed by atoms with Gasteiger partial charge in [-0.25, -0.2) is 9.59 Å². The molecule has 29 heavy (non-hydrogen) atoms. The second-order valence-corrected chi connectivity index (χ2v) is 6.10. The van der Waals surface area contributed by atoms with E-state index >= 15 is 0 Å². The molecule has 0 bridgehead atoms. The number of imide groups is 1. The van der Waals surface area contributed by atoms with Gasteiger partial charge in [0.05, 0.1) is 14.2 Å². The van der Waals surface area contributed by atoms with Gasteiger partial charge in [0, 0.05) is 13.1 Å². The number of esters is 1. The molecule has 0 aliphatic carbocycles. The molecule has 2 aromatic rings. The minimum atomic E-state index is -0.762. The van der Waals surface area contributed by atoms with E-state index in [1.807, 2.05) is 18.2 Å². The molecule has 0 fully saturated rings. The highest BCUT2D eigenvalue weighted by molar-refractivity contribution is 5.97. The lowest BCUT2D eigenvalue weighted by Gasteiger charge is -2.19. The van der Waals surface area contributed by atoms with E-state index in [-0.39, 0.29) is 12.1 Å². The number of ether oxygens (including phenoxy) is 2. The van der Waals surface area contributed by atoms with Crippen LogP contribution in [0.1, 0.15) is 34.5 Å². The summed E-state index contributed by atoms with van der Waals surface area (Å²) in [6.45, 7) is 2.45. The quantitative estimate of drug-likeness (QED) is 0.588. The fourth-order valence-corrected chi connectivity index (χ4v) is 2.75. The van der Waals surface area contributed by atoms with E-state index in [0.717, 1.165) is 5.56 Å². The molecule has 8 heteroatoms. The van der Waals surface area contributed by atoms with Gasteiger partial charge in [-0.05, 0) is 30.2 Å². The number of carbonyl (C=O) groups is 3. The third kappa shape index (κ3) is 6.05. The third-order valence-electron chi connectivity index (χ3n) is 4.15. The molecule has 0 saturated heterocycles. The molecular formula is C21H25N3O5. The lowest BCUT2D eigenvalue weighted by Crippen LogP contribution is -2.44. The van der Waals surface area contributed by atoms with E-state index in [4.69, 9.17) is 9.47 Å². The first-order valence-corrected chi connectivity index (χ1v) is 9.12. The number of rotatable bonds is 8. The molecule has 0 aliphatic rings. The van der Waals surface area contributed by atoms with Crippen LogP contribution in [0.2, 0.25) is 0 Å². The van der Waals surface area contributed by atoms with E-state index in [1.54, 1.807) is 37.3 Å². The van der Waals surface area contributed by atoms with Crippen LogP contribution >= 0.6 is 0 Å². The average Bonchev–Trinajstić information content (AvgIpc) is 2.74. The topological polar surface area (TPSA) is 106 Å². The summed E-state index contributed by atoms with van der Waals surface area (Å²) < 4.78 is 9.98. The van der Waals surface area contributed by atoms with Gasteiger partial charge in [-0.2, -0.15) is 0 Å². The monoisotopic (exact) mass is 399 g/mol. The highest BCUT2D eigenvalue weighted by Gasteiger charge is 2.22. The fourth-order valence-electron chi connectivity index (χ4n) is 2.75. The van der Waals surface area contributed by atoms with Crippen LogP contribution in [-0.4, -0.2) is 38.7 Å². The Morgan fingerprint density at radius 3 is 2.38 bits per heavy atom. The maximum atomic E-state index is 12.6. The maximum absolute atomic E-state index is 12.6. The molecule has 8 nitrogen and oxygen atoms in total. The summed E-state index contributed by atoms with van der Waals surface area (Å²) in [5.74, 6) is -0.602. The van der Waals surface area contributed by atoms with Gasteiger partial charge in [-0.1, -0.05) is 36.4 Å². The Kier molecular flexibility index (Phi) is 8.17. The van der Waals surface area contributed by atoms with Crippen LogP contribution in [0.3, 0.4) is 0 Å². The molecule has 3 N–H and O–H groups in total. The second kappa shape index (κ2) is 10.8. The summed E-state index contributed by atoms with van der Waals surface area (Å²) >= 11 is 0. The Morgan fingerprint density at radius 2 is 1.76 bits per heavy atom. The van der Waals surface area contributed by atoms with Gasteiger partial charge in [0.25, 0.3) is 0 Å². The second-order valence-electron chi connectivity index (χ2n) is 6.10. The third-order valence-corrected chi connectivity index (χ3v) is 4.15. The minimum absolute atomic E-state index is 0.274. The molecule has 3 amide bonds. The van der Waals surface area contributed by atoms with E-state index in [1.165, 1.54) is 14.2 Å². The fraction of sp³-hybridized carbons (Fsp3) is 0.286. The number of amides is 3. The zero-order valence-corrected chi connectivity index (χ0v) is 16.7. The summed E-state index contributed by atoms with van der Waals surface area (Å²) in [5.41, 5.74) is 1.74. The Labute approximate surface area is 169 Å². The maximum Gasteiger partial charge on any atom is 0.341 e. The number of urea groups is 1. The summed E-state index contributed by atoms with van der Waals surface area (Å²) in [6.07, 6.45) is 0. The van der Waals surface area contributed by atoms with Crippen molar-refractivity contribution in [1.82, 2.24) is 16.0 Å². The first-order valence-electron chi connectivity index (χ1n) is 9.12. The summed E-state index contributed by atoms with van der Waals surface area (Å²) in [7, 11) is 2.76. The highest BCUT2D eigenvalue weighted by Crippen LogP contribution is 2.21.